The Labute approximate surface area is 170 Å². The number of hydrogen-bond acceptors (Lipinski definition) is 4. The molecule has 1 aromatic heterocycles. The van der Waals surface area contributed by atoms with E-state index in [4.69, 9.17) is 0 Å². The number of pyridine rings is 1. The summed E-state index contributed by atoms with van der Waals surface area (Å²) in [7, 11) is 0. The van der Waals surface area contributed by atoms with Gasteiger partial charge in [0.25, 0.3) is 0 Å². The van der Waals surface area contributed by atoms with Crippen molar-refractivity contribution in [1.82, 2.24) is 20.9 Å². The fraction of sp³-hybridized carbons (Fsp3) is 0.364. The zero-order valence-electron chi connectivity index (χ0n) is 16.3. The van der Waals surface area contributed by atoms with Gasteiger partial charge in [-0.3, -0.25) is 19.4 Å². The summed E-state index contributed by atoms with van der Waals surface area (Å²) in [4.78, 5) is 40.0. The molecule has 0 spiro atoms. The highest BCUT2D eigenvalue weighted by Gasteiger charge is 2.26. The lowest BCUT2D eigenvalue weighted by molar-refractivity contribution is -0.126. The van der Waals surface area contributed by atoms with Crippen molar-refractivity contribution in [3.63, 3.8) is 0 Å². The van der Waals surface area contributed by atoms with E-state index in [1.165, 1.54) is 0 Å². The van der Waals surface area contributed by atoms with E-state index in [-0.39, 0.29) is 23.8 Å². The van der Waals surface area contributed by atoms with Crippen LogP contribution < -0.4 is 16.0 Å². The molecule has 0 aliphatic carbocycles. The quantitative estimate of drug-likeness (QED) is 0.563. The third-order valence-corrected chi connectivity index (χ3v) is 4.87. The molecule has 7 heteroatoms. The van der Waals surface area contributed by atoms with Crippen molar-refractivity contribution in [2.45, 2.75) is 44.2 Å². The first-order valence-corrected chi connectivity index (χ1v) is 9.93. The molecular weight excluding hydrogens is 368 g/mol. The smallest absolute Gasteiger partial charge is 0.242 e. The number of carbonyl (C=O) groups is 3. The van der Waals surface area contributed by atoms with Crippen LogP contribution in [0, 0.1) is 0 Å². The van der Waals surface area contributed by atoms with E-state index >= 15 is 0 Å². The molecule has 29 heavy (non-hydrogen) atoms. The van der Waals surface area contributed by atoms with Crippen LogP contribution in [0.5, 0.6) is 0 Å². The molecule has 3 amide bonds. The highest BCUT2D eigenvalue weighted by Crippen LogP contribution is 2.17. The molecule has 2 aromatic rings. The SMILES string of the molecule is O=C(CCCNC(=O)[C@@H]1CCC(=O)N1)NC(Cc1ccccn1)c1ccccc1. The molecule has 2 heterocycles. The number of benzene rings is 1. The van der Waals surface area contributed by atoms with Crippen molar-refractivity contribution in [1.29, 1.82) is 0 Å². The third kappa shape index (κ3) is 6.41. The Morgan fingerprint density at radius 3 is 2.62 bits per heavy atom. The number of nitrogens with zero attached hydrogens (tertiary/aromatic N) is 1. The van der Waals surface area contributed by atoms with Crippen LogP contribution in [-0.2, 0) is 20.8 Å². The lowest BCUT2D eigenvalue weighted by Gasteiger charge is -2.19. The predicted octanol–water partition coefficient (Wildman–Crippen LogP) is 1.66. The average molecular weight is 394 g/mol. The Balaban J connectivity index is 1.47. The van der Waals surface area contributed by atoms with Crippen molar-refractivity contribution in [2.75, 3.05) is 6.54 Å². The molecule has 1 unspecified atom stereocenters. The Bertz CT molecular complexity index is 826. The molecule has 3 N–H and O–H groups in total. The minimum Gasteiger partial charge on any atom is -0.354 e. The fourth-order valence-corrected chi connectivity index (χ4v) is 3.33. The van der Waals surface area contributed by atoms with E-state index in [1.54, 1.807) is 6.20 Å². The molecule has 0 saturated carbocycles. The average Bonchev–Trinajstić information content (AvgIpc) is 3.18. The highest BCUT2D eigenvalue weighted by molar-refractivity contribution is 5.90. The Hall–Kier alpha value is -3.22. The van der Waals surface area contributed by atoms with Crippen LogP contribution in [0.4, 0.5) is 0 Å². The van der Waals surface area contributed by atoms with Crippen molar-refractivity contribution < 1.29 is 14.4 Å². The molecule has 1 fully saturated rings. The first kappa shape index (κ1) is 20.5. The molecule has 0 radical (unpaired) electrons. The number of rotatable bonds is 9. The fourth-order valence-electron chi connectivity index (χ4n) is 3.33. The van der Waals surface area contributed by atoms with Crippen LogP contribution in [0.1, 0.15) is 43.0 Å². The number of carbonyl (C=O) groups excluding carboxylic acids is 3. The van der Waals surface area contributed by atoms with Gasteiger partial charge in [0.2, 0.25) is 17.7 Å². The van der Waals surface area contributed by atoms with Crippen LogP contribution in [0.2, 0.25) is 0 Å². The van der Waals surface area contributed by atoms with Crippen LogP contribution in [0.15, 0.2) is 54.7 Å². The van der Waals surface area contributed by atoms with Gasteiger partial charge in [0.05, 0.1) is 6.04 Å². The number of nitrogens with one attached hydrogen (secondary N) is 3. The van der Waals surface area contributed by atoms with Gasteiger partial charge in [0, 0.05) is 37.7 Å². The minimum atomic E-state index is -0.447. The van der Waals surface area contributed by atoms with Gasteiger partial charge in [0.15, 0.2) is 0 Å². The van der Waals surface area contributed by atoms with Crippen molar-refractivity contribution in [3.8, 4) is 0 Å². The maximum Gasteiger partial charge on any atom is 0.242 e. The van der Waals surface area contributed by atoms with Crippen molar-refractivity contribution in [2.24, 2.45) is 0 Å². The Kier molecular flexibility index (Phi) is 7.33. The van der Waals surface area contributed by atoms with Gasteiger partial charge in [-0.1, -0.05) is 36.4 Å². The summed E-state index contributed by atoms with van der Waals surface area (Å²) in [6.07, 6.45) is 4.10. The molecule has 1 aromatic carbocycles. The van der Waals surface area contributed by atoms with Crippen molar-refractivity contribution >= 4 is 17.7 Å². The molecular formula is C22H26N4O3. The minimum absolute atomic E-state index is 0.0711. The number of aromatic nitrogens is 1. The lowest BCUT2D eigenvalue weighted by Crippen LogP contribution is -2.42. The summed E-state index contributed by atoms with van der Waals surface area (Å²) in [5.74, 6) is -0.351. The van der Waals surface area contributed by atoms with Crippen LogP contribution in [-0.4, -0.2) is 35.3 Å². The van der Waals surface area contributed by atoms with Crippen LogP contribution >= 0.6 is 0 Å². The largest absolute Gasteiger partial charge is 0.354 e. The van der Waals surface area contributed by atoms with E-state index in [0.717, 1.165) is 11.3 Å². The molecule has 1 aliphatic heterocycles. The van der Waals surface area contributed by atoms with Gasteiger partial charge in [-0.25, -0.2) is 0 Å². The molecule has 7 nitrogen and oxygen atoms in total. The van der Waals surface area contributed by atoms with Crippen LogP contribution in [0.25, 0.3) is 0 Å². The normalized spacial score (nSPS) is 16.7. The number of amides is 3. The second-order valence-corrected chi connectivity index (χ2v) is 7.11. The zero-order chi connectivity index (χ0) is 20.5. The lowest BCUT2D eigenvalue weighted by atomic mass is 10.0. The third-order valence-electron chi connectivity index (χ3n) is 4.87. The predicted molar refractivity (Wildman–Crippen MR) is 109 cm³/mol. The molecule has 0 bridgehead atoms. The van der Waals surface area contributed by atoms with Gasteiger partial charge < -0.3 is 16.0 Å². The summed E-state index contributed by atoms with van der Waals surface area (Å²) in [6, 6.07) is 15.0. The summed E-state index contributed by atoms with van der Waals surface area (Å²) < 4.78 is 0. The molecule has 3 rings (SSSR count). The molecule has 1 aliphatic rings. The number of hydrogen-bond donors (Lipinski definition) is 3. The molecule has 2 atom stereocenters. The molecule has 1 saturated heterocycles. The van der Waals surface area contributed by atoms with Gasteiger partial charge >= 0.3 is 0 Å². The van der Waals surface area contributed by atoms with Gasteiger partial charge in [-0.2, -0.15) is 0 Å². The summed E-state index contributed by atoms with van der Waals surface area (Å²) >= 11 is 0. The maximum atomic E-state index is 12.5. The second kappa shape index (κ2) is 10.4. The maximum absolute atomic E-state index is 12.5. The summed E-state index contributed by atoms with van der Waals surface area (Å²) in [6.45, 7) is 0.398. The second-order valence-electron chi connectivity index (χ2n) is 7.11. The Morgan fingerprint density at radius 2 is 1.93 bits per heavy atom. The first-order valence-electron chi connectivity index (χ1n) is 9.93. The summed E-state index contributed by atoms with van der Waals surface area (Å²) in [5.41, 5.74) is 1.93. The van der Waals surface area contributed by atoms with E-state index < -0.39 is 6.04 Å². The topological polar surface area (TPSA) is 100 Å². The standard InChI is InChI=1S/C22H26N4O3/c27-20(10-6-14-24-22(29)18-11-12-21(28)25-18)26-19(16-7-2-1-3-8-16)15-17-9-4-5-13-23-17/h1-5,7-9,13,18-19H,6,10-12,14-15H2,(H,24,29)(H,25,28)(H,26,27)/t18-,19?/m0/s1. The van der Waals surface area contributed by atoms with Crippen LogP contribution in [0.3, 0.4) is 0 Å². The summed E-state index contributed by atoms with van der Waals surface area (Å²) in [5, 5.41) is 8.50. The molecule has 152 valence electrons. The Morgan fingerprint density at radius 1 is 1.14 bits per heavy atom. The zero-order valence-corrected chi connectivity index (χ0v) is 16.3. The van der Waals surface area contributed by atoms with E-state index in [1.807, 2.05) is 48.5 Å². The first-order chi connectivity index (χ1) is 14.1. The van der Waals surface area contributed by atoms with Crippen molar-refractivity contribution in [3.05, 3.63) is 66.0 Å². The van der Waals surface area contributed by atoms with E-state index in [0.29, 0.717) is 38.6 Å². The highest BCUT2D eigenvalue weighted by atomic mass is 16.2. The van der Waals surface area contributed by atoms with E-state index in [2.05, 4.69) is 20.9 Å². The van der Waals surface area contributed by atoms with E-state index in [9.17, 15) is 14.4 Å². The van der Waals surface area contributed by atoms with Gasteiger partial charge in [0.1, 0.15) is 6.04 Å². The van der Waals surface area contributed by atoms with Gasteiger partial charge in [-0.15, -0.1) is 0 Å². The monoisotopic (exact) mass is 394 g/mol. The van der Waals surface area contributed by atoms with Gasteiger partial charge in [-0.05, 0) is 30.5 Å².